The maximum Gasteiger partial charge on any atom is 0.252 e. The van der Waals surface area contributed by atoms with Crippen LogP contribution in [-0.2, 0) is 0 Å². The minimum Gasteiger partial charge on any atom is -0.345 e. The molecular weight excluding hydrogens is 303 g/mol. The second-order valence-corrected chi connectivity index (χ2v) is 7.29. The third-order valence-corrected chi connectivity index (χ3v) is 5.87. The molecule has 3 aromatic rings. The van der Waals surface area contributed by atoms with Gasteiger partial charge in [-0.3, -0.25) is 0 Å². The highest BCUT2D eigenvalue weighted by Crippen LogP contribution is 2.39. The lowest BCUT2D eigenvalue weighted by atomic mass is 9.33. The number of aryl methyl sites for hydroxylation is 2. The molecule has 0 atom stereocenters. The number of benzene rings is 3. The second kappa shape index (κ2) is 4.92. The Balaban J connectivity index is 1.96. The highest BCUT2D eigenvalue weighted by Gasteiger charge is 2.41. The van der Waals surface area contributed by atoms with Crippen molar-refractivity contribution in [1.29, 1.82) is 0 Å². The molecule has 0 aromatic heterocycles. The fraction of sp³-hybridized carbons (Fsp3) is 0.182. The van der Waals surface area contributed by atoms with Crippen LogP contribution in [0, 0.1) is 13.8 Å². The van der Waals surface area contributed by atoms with Crippen molar-refractivity contribution < 1.29 is 0 Å². The molecule has 122 valence electrons. The van der Waals surface area contributed by atoms with E-state index in [9.17, 15) is 0 Å². The van der Waals surface area contributed by atoms with Crippen LogP contribution in [0.3, 0.4) is 0 Å². The van der Waals surface area contributed by atoms with Gasteiger partial charge in [0.1, 0.15) is 0 Å². The summed E-state index contributed by atoms with van der Waals surface area (Å²) < 4.78 is 0. The van der Waals surface area contributed by atoms with Crippen molar-refractivity contribution in [2.75, 3.05) is 23.9 Å². The minimum absolute atomic E-state index is 0.309. The van der Waals surface area contributed by atoms with Gasteiger partial charge in [0, 0.05) is 36.8 Å². The lowest BCUT2D eigenvalue weighted by Gasteiger charge is -2.43. The van der Waals surface area contributed by atoms with Crippen LogP contribution in [0.1, 0.15) is 11.1 Å². The first kappa shape index (κ1) is 14.6. The van der Waals surface area contributed by atoms with Gasteiger partial charge in [0.2, 0.25) is 0 Å². The third-order valence-electron chi connectivity index (χ3n) is 5.87. The van der Waals surface area contributed by atoms with Gasteiger partial charge in [0.25, 0.3) is 6.71 Å². The summed E-state index contributed by atoms with van der Waals surface area (Å²) in [6.45, 7) is 4.79. The van der Waals surface area contributed by atoms with E-state index in [-0.39, 0.29) is 0 Å². The number of hydrogen-bond donors (Lipinski definition) is 0. The van der Waals surface area contributed by atoms with Gasteiger partial charge >= 0.3 is 0 Å². The van der Waals surface area contributed by atoms with Crippen molar-refractivity contribution in [2.24, 2.45) is 0 Å². The van der Waals surface area contributed by atoms with Crippen molar-refractivity contribution >= 4 is 45.9 Å². The number of nitrogens with zero attached hydrogens (tertiary/aromatic N) is 2. The summed E-state index contributed by atoms with van der Waals surface area (Å²) in [5.74, 6) is 0. The third kappa shape index (κ3) is 1.76. The molecule has 0 amide bonds. The summed E-state index contributed by atoms with van der Waals surface area (Å²) in [5, 5.41) is 0. The fourth-order valence-corrected chi connectivity index (χ4v) is 4.96. The lowest BCUT2D eigenvalue weighted by molar-refractivity contribution is 1.15. The molecule has 0 fully saturated rings. The first-order chi connectivity index (χ1) is 12.1. The molecule has 0 spiro atoms. The van der Waals surface area contributed by atoms with Crippen LogP contribution >= 0.6 is 0 Å². The topological polar surface area (TPSA) is 6.48 Å². The number of fused-ring (bicyclic) bond motifs is 4. The molecule has 0 radical (unpaired) electrons. The van der Waals surface area contributed by atoms with E-state index in [0.29, 0.717) is 6.71 Å². The summed E-state index contributed by atoms with van der Waals surface area (Å²) in [6, 6.07) is 20.0. The van der Waals surface area contributed by atoms with Crippen molar-refractivity contribution in [3.63, 3.8) is 0 Å². The standard InChI is InChI=1S/C22H21BN2/c1-14-13-15(2)22-20-21(14)24(3)18-11-7-5-9-16(18)23(20)17-10-6-8-12-19(17)25(22)4/h5-13H,1-4H3. The quantitative estimate of drug-likeness (QED) is 0.587. The molecule has 0 bridgehead atoms. The molecule has 5 rings (SSSR count). The summed E-state index contributed by atoms with van der Waals surface area (Å²) >= 11 is 0. The Morgan fingerprint density at radius 2 is 1.12 bits per heavy atom. The van der Waals surface area contributed by atoms with E-state index in [4.69, 9.17) is 0 Å². The summed E-state index contributed by atoms with van der Waals surface area (Å²) in [6.07, 6.45) is 0. The molecule has 2 aliphatic rings. The van der Waals surface area contributed by atoms with E-state index in [1.165, 1.54) is 50.3 Å². The molecule has 2 nitrogen and oxygen atoms in total. The Bertz CT molecular complexity index is 947. The van der Waals surface area contributed by atoms with E-state index >= 15 is 0 Å². The maximum atomic E-state index is 2.38. The zero-order valence-corrected chi connectivity index (χ0v) is 15.2. The first-order valence-corrected chi connectivity index (χ1v) is 8.89. The molecule has 3 heteroatoms. The van der Waals surface area contributed by atoms with Gasteiger partial charge in [0.15, 0.2) is 0 Å². The molecule has 0 aliphatic carbocycles. The minimum atomic E-state index is 0.309. The summed E-state index contributed by atoms with van der Waals surface area (Å²) in [5.41, 5.74) is 12.3. The van der Waals surface area contributed by atoms with E-state index < -0.39 is 0 Å². The average molecular weight is 324 g/mol. The Hall–Kier alpha value is -2.68. The van der Waals surface area contributed by atoms with E-state index in [1.54, 1.807) is 0 Å². The Kier molecular flexibility index (Phi) is 2.88. The van der Waals surface area contributed by atoms with Crippen LogP contribution in [0.2, 0.25) is 0 Å². The molecule has 25 heavy (non-hydrogen) atoms. The number of rotatable bonds is 0. The molecule has 2 aliphatic heterocycles. The zero-order valence-electron chi connectivity index (χ0n) is 15.2. The van der Waals surface area contributed by atoms with Gasteiger partial charge in [-0.1, -0.05) is 42.5 Å². The lowest BCUT2D eigenvalue weighted by Crippen LogP contribution is -2.62. The van der Waals surface area contributed by atoms with Crippen LogP contribution in [0.15, 0.2) is 54.6 Å². The molecule has 0 unspecified atom stereocenters. The Labute approximate surface area is 149 Å². The van der Waals surface area contributed by atoms with Gasteiger partial charge in [-0.15, -0.1) is 0 Å². The van der Waals surface area contributed by atoms with E-state index in [1.807, 2.05) is 0 Å². The zero-order chi connectivity index (χ0) is 17.3. The van der Waals surface area contributed by atoms with Gasteiger partial charge in [0.05, 0.1) is 0 Å². The molecular formula is C22H21BN2. The van der Waals surface area contributed by atoms with Crippen LogP contribution in [0.5, 0.6) is 0 Å². The monoisotopic (exact) mass is 324 g/mol. The second-order valence-electron chi connectivity index (χ2n) is 7.29. The van der Waals surface area contributed by atoms with E-state index in [0.717, 1.165) is 0 Å². The SMILES string of the molecule is Cc1cc(C)c2c3c1N(C)c1ccccc1B3c1ccccc1N2C. The average Bonchev–Trinajstić information content (AvgIpc) is 2.61. The van der Waals surface area contributed by atoms with Gasteiger partial charge in [-0.05, 0) is 53.5 Å². The van der Waals surface area contributed by atoms with Crippen molar-refractivity contribution in [3.05, 3.63) is 65.7 Å². The number of anilines is 4. The predicted molar refractivity (Wildman–Crippen MR) is 110 cm³/mol. The predicted octanol–water partition coefficient (Wildman–Crippen LogP) is 2.98. The van der Waals surface area contributed by atoms with Crippen molar-refractivity contribution in [3.8, 4) is 0 Å². The van der Waals surface area contributed by atoms with Crippen LogP contribution < -0.4 is 26.2 Å². The largest absolute Gasteiger partial charge is 0.345 e. The Morgan fingerprint density at radius 3 is 1.60 bits per heavy atom. The summed E-state index contributed by atoms with van der Waals surface area (Å²) in [7, 11) is 4.40. The fourth-order valence-electron chi connectivity index (χ4n) is 4.96. The number of hydrogen-bond acceptors (Lipinski definition) is 2. The van der Waals surface area contributed by atoms with Gasteiger partial charge < -0.3 is 9.80 Å². The van der Waals surface area contributed by atoms with Crippen LogP contribution in [0.4, 0.5) is 22.7 Å². The smallest absolute Gasteiger partial charge is 0.252 e. The highest BCUT2D eigenvalue weighted by atomic mass is 15.2. The van der Waals surface area contributed by atoms with Crippen LogP contribution in [-0.4, -0.2) is 20.8 Å². The molecule has 0 N–H and O–H groups in total. The maximum absolute atomic E-state index is 2.38. The molecule has 0 saturated carbocycles. The Morgan fingerprint density at radius 1 is 0.680 bits per heavy atom. The first-order valence-electron chi connectivity index (χ1n) is 8.89. The van der Waals surface area contributed by atoms with Crippen molar-refractivity contribution in [2.45, 2.75) is 13.8 Å². The molecule has 3 aromatic carbocycles. The van der Waals surface area contributed by atoms with Gasteiger partial charge in [-0.25, -0.2) is 0 Å². The summed E-state index contributed by atoms with van der Waals surface area (Å²) in [4.78, 5) is 4.75. The number of para-hydroxylation sites is 2. The molecule has 0 saturated heterocycles. The highest BCUT2D eigenvalue weighted by molar-refractivity contribution is 7.00. The van der Waals surface area contributed by atoms with Crippen molar-refractivity contribution in [1.82, 2.24) is 0 Å². The van der Waals surface area contributed by atoms with Crippen LogP contribution in [0.25, 0.3) is 0 Å². The normalized spacial score (nSPS) is 14.2. The van der Waals surface area contributed by atoms with E-state index in [2.05, 4.69) is 92.3 Å². The molecule has 2 heterocycles. The van der Waals surface area contributed by atoms with Gasteiger partial charge in [-0.2, -0.15) is 0 Å².